The summed E-state index contributed by atoms with van der Waals surface area (Å²) >= 11 is 0. The molecular formula is C21H27NO4. The fraction of sp³-hybridized carbons (Fsp3) is 0.524. The van der Waals surface area contributed by atoms with Crippen LogP contribution in [0.25, 0.3) is 11.0 Å². The fourth-order valence-electron chi connectivity index (χ4n) is 3.85. The van der Waals surface area contributed by atoms with Gasteiger partial charge in [0.25, 0.3) is 5.91 Å². The lowest BCUT2D eigenvalue weighted by Crippen LogP contribution is -2.43. The molecule has 0 spiro atoms. The van der Waals surface area contributed by atoms with Gasteiger partial charge in [0.2, 0.25) is 0 Å². The van der Waals surface area contributed by atoms with Crippen LogP contribution in [-0.2, 0) is 11.2 Å². The van der Waals surface area contributed by atoms with E-state index in [2.05, 4.69) is 0 Å². The molecule has 1 saturated carbocycles. The van der Waals surface area contributed by atoms with Gasteiger partial charge in [-0.1, -0.05) is 26.2 Å². The molecule has 0 unspecified atom stereocenters. The predicted octanol–water partition coefficient (Wildman–Crippen LogP) is 3.92. The van der Waals surface area contributed by atoms with Gasteiger partial charge < -0.3 is 14.1 Å². The van der Waals surface area contributed by atoms with Crippen molar-refractivity contribution in [3.05, 3.63) is 40.2 Å². The number of nitrogens with zero attached hydrogens (tertiary/aromatic N) is 1. The lowest BCUT2D eigenvalue weighted by Gasteiger charge is -2.33. The van der Waals surface area contributed by atoms with Gasteiger partial charge in [-0.3, -0.25) is 4.79 Å². The average molecular weight is 357 g/mol. The zero-order valence-electron chi connectivity index (χ0n) is 15.6. The first-order valence-corrected chi connectivity index (χ1v) is 9.61. The van der Waals surface area contributed by atoms with Gasteiger partial charge in [-0.15, -0.1) is 0 Å². The van der Waals surface area contributed by atoms with E-state index in [9.17, 15) is 9.59 Å². The number of amides is 1. The number of benzene rings is 1. The maximum Gasteiger partial charge on any atom is 0.336 e. The van der Waals surface area contributed by atoms with Crippen molar-refractivity contribution in [2.45, 2.75) is 58.4 Å². The van der Waals surface area contributed by atoms with Crippen molar-refractivity contribution in [2.24, 2.45) is 0 Å². The zero-order valence-corrected chi connectivity index (χ0v) is 15.6. The second-order valence-electron chi connectivity index (χ2n) is 6.86. The summed E-state index contributed by atoms with van der Waals surface area (Å²) < 4.78 is 11.0. The van der Waals surface area contributed by atoms with Crippen molar-refractivity contribution in [1.82, 2.24) is 4.90 Å². The highest BCUT2D eigenvalue weighted by Crippen LogP contribution is 2.24. The summed E-state index contributed by atoms with van der Waals surface area (Å²) in [6.45, 7) is 4.73. The van der Waals surface area contributed by atoms with Gasteiger partial charge in [-0.05, 0) is 43.9 Å². The second kappa shape index (κ2) is 8.39. The summed E-state index contributed by atoms with van der Waals surface area (Å²) in [5, 5.41) is 0.906. The minimum atomic E-state index is -0.364. The van der Waals surface area contributed by atoms with Crippen molar-refractivity contribution in [2.75, 3.05) is 13.2 Å². The van der Waals surface area contributed by atoms with E-state index in [0.717, 1.165) is 30.2 Å². The minimum absolute atomic E-state index is 0.00749. The first-order valence-electron chi connectivity index (χ1n) is 9.61. The molecule has 1 aromatic carbocycles. The lowest BCUT2D eigenvalue weighted by molar-refractivity contribution is -0.136. The molecule has 5 heteroatoms. The van der Waals surface area contributed by atoms with E-state index in [-0.39, 0.29) is 18.1 Å². The van der Waals surface area contributed by atoms with Gasteiger partial charge in [-0.2, -0.15) is 0 Å². The molecule has 140 valence electrons. The summed E-state index contributed by atoms with van der Waals surface area (Å²) in [5.41, 5.74) is 1.09. The molecule has 0 saturated heterocycles. The maximum absolute atomic E-state index is 12.6. The van der Waals surface area contributed by atoms with E-state index in [4.69, 9.17) is 9.15 Å². The van der Waals surface area contributed by atoms with Crippen LogP contribution in [0, 0.1) is 0 Å². The van der Waals surface area contributed by atoms with Crippen LogP contribution in [0.3, 0.4) is 0 Å². The molecule has 1 fully saturated rings. The highest BCUT2D eigenvalue weighted by molar-refractivity contribution is 5.82. The highest BCUT2D eigenvalue weighted by atomic mass is 16.5. The van der Waals surface area contributed by atoms with E-state index < -0.39 is 0 Å². The van der Waals surface area contributed by atoms with Crippen molar-refractivity contribution < 1.29 is 13.9 Å². The van der Waals surface area contributed by atoms with Crippen molar-refractivity contribution in [1.29, 1.82) is 0 Å². The van der Waals surface area contributed by atoms with Crippen molar-refractivity contribution >= 4 is 16.9 Å². The largest absolute Gasteiger partial charge is 0.484 e. The Balaban J connectivity index is 1.70. The van der Waals surface area contributed by atoms with Gasteiger partial charge in [0, 0.05) is 30.1 Å². The summed E-state index contributed by atoms with van der Waals surface area (Å²) in [4.78, 5) is 26.2. The monoisotopic (exact) mass is 357 g/mol. The maximum atomic E-state index is 12.6. The Morgan fingerprint density at radius 2 is 1.96 bits per heavy atom. The van der Waals surface area contributed by atoms with Crippen LogP contribution in [0.1, 0.15) is 51.5 Å². The molecule has 1 aliphatic rings. The molecular weight excluding hydrogens is 330 g/mol. The smallest absolute Gasteiger partial charge is 0.336 e. The van der Waals surface area contributed by atoms with Crippen LogP contribution in [0.15, 0.2) is 33.5 Å². The molecule has 2 aromatic rings. The summed E-state index contributed by atoms with van der Waals surface area (Å²) in [6.07, 6.45) is 6.58. The number of ether oxygens (including phenoxy) is 1. The molecule has 1 heterocycles. The second-order valence-corrected chi connectivity index (χ2v) is 6.86. The van der Waals surface area contributed by atoms with Crippen LogP contribution in [0.2, 0.25) is 0 Å². The Morgan fingerprint density at radius 3 is 2.65 bits per heavy atom. The molecule has 0 N–H and O–H groups in total. The van der Waals surface area contributed by atoms with Crippen LogP contribution in [0.5, 0.6) is 5.75 Å². The third-order valence-corrected chi connectivity index (χ3v) is 5.22. The van der Waals surface area contributed by atoms with Gasteiger partial charge in [0.05, 0.1) is 0 Å². The quantitative estimate of drug-likeness (QED) is 0.735. The Bertz CT molecular complexity index is 820. The lowest BCUT2D eigenvalue weighted by atomic mass is 9.94. The zero-order chi connectivity index (χ0) is 18.5. The van der Waals surface area contributed by atoms with Crippen molar-refractivity contribution in [3.8, 4) is 5.75 Å². The number of hydrogen-bond donors (Lipinski definition) is 0. The third-order valence-electron chi connectivity index (χ3n) is 5.22. The topological polar surface area (TPSA) is 59.8 Å². The SMILES string of the molecule is CCc1cc(=O)oc2cc(OCC(=O)N(CC)C3CCCCC3)ccc12. The number of carbonyl (C=O) groups excluding carboxylic acids is 1. The van der Waals surface area contributed by atoms with Gasteiger partial charge >= 0.3 is 5.63 Å². The average Bonchev–Trinajstić information content (AvgIpc) is 2.66. The Kier molecular flexibility index (Phi) is 5.96. The van der Waals surface area contributed by atoms with E-state index >= 15 is 0 Å². The van der Waals surface area contributed by atoms with E-state index in [1.54, 1.807) is 6.07 Å². The molecule has 0 atom stereocenters. The van der Waals surface area contributed by atoms with Crippen LogP contribution in [-0.4, -0.2) is 30.0 Å². The number of rotatable bonds is 6. The van der Waals surface area contributed by atoms with Crippen LogP contribution < -0.4 is 10.4 Å². The molecule has 0 aliphatic heterocycles. The number of fused-ring (bicyclic) bond motifs is 1. The number of carbonyl (C=O) groups is 1. The number of likely N-dealkylation sites (N-methyl/N-ethyl adjacent to an activating group) is 1. The van der Waals surface area contributed by atoms with Gasteiger partial charge in [-0.25, -0.2) is 4.79 Å². The van der Waals surface area contributed by atoms with Crippen LogP contribution in [0.4, 0.5) is 0 Å². The summed E-state index contributed by atoms with van der Waals surface area (Å²) in [7, 11) is 0. The standard InChI is InChI=1S/C21H27NO4/c1-3-15-12-21(24)26-19-13-17(10-11-18(15)19)25-14-20(23)22(4-2)16-8-6-5-7-9-16/h10-13,16H,3-9,14H2,1-2H3. The fourth-order valence-corrected chi connectivity index (χ4v) is 3.85. The van der Waals surface area contributed by atoms with E-state index in [0.29, 0.717) is 23.9 Å². The normalized spacial score (nSPS) is 15.2. The Labute approximate surface area is 153 Å². The predicted molar refractivity (Wildman–Crippen MR) is 102 cm³/mol. The van der Waals surface area contributed by atoms with Gasteiger partial charge in [0.15, 0.2) is 6.61 Å². The first kappa shape index (κ1) is 18.5. The molecule has 1 aromatic heterocycles. The Morgan fingerprint density at radius 1 is 1.19 bits per heavy atom. The summed E-state index contributed by atoms with van der Waals surface area (Å²) in [5.74, 6) is 0.560. The van der Waals surface area contributed by atoms with Crippen molar-refractivity contribution in [3.63, 3.8) is 0 Å². The van der Waals surface area contributed by atoms with E-state index in [1.165, 1.54) is 25.3 Å². The molecule has 0 bridgehead atoms. The molecule has 0 radical (unpaired) electrons. The van der Waals surface area contributed by atoms with E-state index in [1.807, 2.05) is 30.9 Å². The van der Waals surface area contributed by atoms with Gasteiger partial charge in [0.1, 0.15) is 11.3 Å². The molecule has 26 heavy (non-hydrogen) atoms. The molecule has 3 rings (SSSR count). The molecule has 1 aliphatic carbocycles. The van der Waals surface area contributed by atoms with Crippen LogP contribution >= 0.6 is 0 Å². The number of hydrogen-bond acceptors (Lipinski definition) is 4. The number of aryl methyl sites for hydroxylation is 1. The minimum Gasteiger partial charge on any atom is -0.484 e. The highest BCUT2D eigenvalue weighted by Gasteiger charge is 2.24. The third kappa shape index (κ3) is 4.09. The molecule has 5 nitrogen and oxygen atoms in total. The first-order chi connectivity index (χ1) is 12.6. The summed E-state index contributed by atoms with van der Waals surface area (Å²) in [6, 6.07) is 7.27. The Hall–Kier alpha value is -2.30. The molecule has 1 amide bonds.